The summed E-state index contributed by atoms with van der Waals surface area (Å²) in [7, 11) is 3.36. The number of benzene rings is 2. The lowest BCUT2D eigenvalue weighted by Crippen LogP contribution is -2.15. The van der Waals surface area contributed by atoms with Crippen LogP contribution in [0.2, 0.25) is 0 Å². The van der Waals surface area contributed by atoms with E-state index in [0.717, 1.165) is 11.1 Å². The molecule has 0 fully saturated rings. The number of hydrogen-bond donors (Lipinski definition) is 1. The molecule has 7 nitrogen and oxygen atoms in total. The van der Waals surface area contributed by atoms with E-state index < -0.39 is 0 Å². The maximum atomic E-state index is 12.3. The van der Waals surface area contributed by atoms with Crippen LogP contribution < -0.4 is 10.1 Å². The number of nitrogens with one attached hydrogen (secondary N) is 1. The van der Waals surface area contributed by atoms with E-state index in [-0.39, 0.29) is 12.3 Å². The number of ether oxygens (including phenoxy) is 1. The van der Waals surface area contributed by atoms with Gasteiger partial charge in [0.2, 0.25) is 5.91 Å². The lowest BCUT2D eigenvalue weighted by molar-refractivity contribution is -0.115. The van der Waals surface area contributed by atoms with Crippen LogP contribution in [-0.2, 0) is 18.3 Å². The normalized spacial score (nSPS) is 10.4. The molecule has 2 aromatic carbocycles. The van der Waals surface area contributed by atoms with Crippen LogP contribution in [0.15, 0.2) is 48.5 Å². The van der Waals surface area contributed by atoms with Gasteiger partial charge in [-0.1, -0.05) is 30.3 Å². The Hall–Kier alpha value is -3.22. The standard InChI is InChI=1S/C17H17N5O2/c1-22-17(19-20-21-22)13-7-5-8-14(10-13)18-16(23)11-12-6-3-4-9-15(12)24-2/h3-10H,11H2,1-2H3,(H,18,23). The van der Waals surface area contributed by atoms with Gasteiger partial charge < -0.3 is 10.1 Å². The monoisotopic (exact) mass is 323 g/mol. The van der Waals surface area contributed by atoms with Crippen LogP contribution in [0.25, 0.3) is 11.4 Å². The minimum absolute atomic E-state index is 0.118. The van der Waals surface area contributed by atoms with E-state index >= 15 is 0 Å². The third kappa shape index (κ3) is 3.40. The molecule has 0 aliphatic carbocycles. The first-order valence-corrected chi connectivity index (χ1v) is 7.42. The molecule has 122 valence electrons. The Kier molecular flexibility index (Phi) is 4.51. The van der Waals surface area contributed by atoms with Gasteiger partial charge in [-0.05, 0) is 28.6 Å². The van der Waals surface area contributed by atoms with Crippen LogP contribution in [0.1, 0.15) is 5.56 Å². The molecule has 0 bridgehead atoms. The molecule has 0 aliphatic rings. The molecule has 7 heteroatoms. The van der Waals surface area contributed by atoms with Gasteiger partial charge in [-0.3, -0.25) is 4.79 Å². The fourth-order valence-corrected chi connectivity index (χ4v) is 2.44. The predicted octanol–water partition coefficient (Wildman–Crippen LogP) is 2.07. The van der Waals surface area contributed by atoms with Crippen molar-refractivity contribution in [1.29, 1.82) is 0 Å². The molecule has 3 rings (SSSR count). The Morgan fingerprint density at radius 2 is 2.04 bits per heavy atom. The van der Waals surface area contributed by atoms with Gasteiger partial charge in [-0.25, -0.2) is 4.68 Å². The Morgan fingerprint density at radius 1 is 1.21 bits per heavy atom. The highest BCUT2D eigenvalue weighted by Gasteiger charge is 2.10. The second kappa shape index (κ2) is 6.91. The summed E-state index contributed by atoms with van der Waals surface area (Å²) in [6.45, 7) is 0. The van der Waals surface area contributed by atoms with Crippen LogP contribution in [0, 0.1) is 0 Å². The number of aryl methyl sites for hydroxylation is 1. The van der Waals surface area contributed by atoms with E-state index in [4.69, 9.17) is 4.74 Å². The van der Waals surface area contributed by atoms with Crippen molar-refractivity contribution in [3.63, 3.8) is 0 Å². The van der Waals surface area contributed by atoms with E-state index in [2.05, 4.69) is 20.8 Å². The van der Waals surface area contributed by atoms with E-state index in [1.807, 2.05) is 48.5 Å². The average molecular weight is 323 g/mol. The number of aromatic nitrogens is 4. The van der Waals surface area contributed by atoms with Crippen molar-refractivity contribution in [3.05, 3.63) is 54.1 Å². The molecule has 0 saturated heterocycles. The highest BCUT2D eigenvalue weighted by Crippen LogP contribution is 2.21. The smallest absolute Gasteiger partial charge is 0.228 e. The Balaban J connectivity index is 1.74. The Labute approximate surface area is 139 Å². The molecule has 1 aromatic heterocycles. The van der Waals surface area contributed by atoms with Gasteiger partial charge in [-0.2, -0.15) is 0 Å². The maximum absolute atomic E-state index is 12.3. The molecule has 0 unspecified atom stereocenters. The molecule has 1 amide bonds. The summed E-state index contributed by atoms with van der Waals surface area (Å²) < 4.78 is 6.85. The van der Waals surface area contributed by atoms with Crippen LogP contribution in [-0.4, -0.2) is 33.2 Å². The van der Waals surface area contributed by atoms with Crippen LogP contribution in [0.3, 0.4) is 0 Å². The van der Waals surface area contributed by atoms with E-state index in [9.17, 15) is 4.79 Å². The van der Waals surface area contributed by atoms with Crippen LogP contribution in [0.4, 0.5) is 5.69 Å². The fourth-order valence-electron chi connectivity index (χ4n) is 2.44. The quantitative estimate of drug-likeness (QED) is 0.777. The fraction of sp³-hybridized carbons (Fsp3) is 0.176. The van der Waals surface area contributed by atoms with Gasteiger partial charge >= 0.3 is 0 Å². The zero-order valence-corrected chi connectivity index (χ0v) is 13.4. The number of methoxy groups -OCH3 is 1. The number of rotatable bonds is 5. The molecule has 24 heavy (non-hydrogen) atoms. The van der Waals surface area contributed by atoms with Crippen molar-refractivity contribution in [3.8, 4) is 17.1 Å². The van der Waals surface area contributed by atoms with Crippen LogP contribution in [0.5, 0.6) is 5.75 Å². The highest BCUT2D eigenvalue weighted by molar-refractivity contribution is 5.93. The number of nitrogens with zero attached hydrogens (tertiary/aromatic N) is 4. The third-order valence-electron chi connectivity index (χ3n) is 3.57. The second-order valence-electron chi connectivity index (χ2n) is 5.24. The summed E-state index contributed by atoms with van der Waals surface area (Å²) in [6.07, 6.45) is 0.236. The van der Waals surface area contributed by atoms with Gasteiger partial charge in [0.15, 0.2) is 5.82 Å². The van der Waals surface area contributed by atoms with Gasteiger partial charge in [0.25, 0.3) is 0 Å². The largest absolute Gasteiger partial charge is 0.496 e. The summed E-state index contributed by atoms with van der Waals surface area (Å²) in [4.78, 5) is 12.3. The first kappa shape index (κ1) is 15.7. The van der Waals surface area contributed by atoms with Gasteiger partial charge in [0.05, 0.1) is 13.5 Å². The lowest BCUT2D eigenvalue weighted by atomic mass is 10.1. The molecular weight excluding hydrogens is 306 g/mol. The summed E-state index contributed by atoms with van der Waals surface area (Å²) in [6, 6.07) is 14.9. The van der Waals surface area contributed by atoms with Crippen LogP contribution >= 0.6 is 0 Å². The molecule has 0 radical (unpaired) electrons. The van der Waals surface area contributed by atoms with Crippen molar-refractivity contribution in [2.75, 3.05) is 12.4 Å². The highest BCUT2D eigenvalue weighted by atomic mass is 16.5. The van der Waals surface area contributed by atoms with Crippen molar-refractivity contribution in [1.82, 2.24) is 20.2 Å². The molecule has 0 aliphatic heterocycles. The first-order chi connectivity index (χ1) is 11.7. The number of carbonyl (C=O) groups is 1. The van der Waals surface area contributed by atoms with Crippen molar-refractivity contribution >= 4 is 11.6 Å². The van der Waals surface area contributed by atoms with Crippen molar-refractivity contribution in [2.24, 2.45) is 7.05 Å². The number of carbonyl (C=O) groups excluding carboxylic acids is 1. The SMILES string of the molecule is COc1ccccc1CC(=O)Nc1cccc(-c2nnnn2C)c1. The molecule has 3 aromatic rings. The summed E-state index contributed by atoms with van der Waals surface area (Å²) in [5, 5.41) is 14.3. The van der Waals surface area contributed by atoms with E-state index in [1.54, 1.807) is 18.8 Å². The minimum atomic E-state index is -0.118. The minimum Gasteiger partial charge on any atom is -0.496 e. The zero-order chi connectivity index (χ0) is 16.9. The molecular formula is C17H17N5O2. The lowest BCUT2D eigenvalue weighted by Gasteiger charge is -2.09. The topological polar surface area (TPSA) is 81.9 Å². The summed E-state index contributed by atoms with van der Waals surface area (Å²) in [5.41, 5.74) is 2.36. The Morgan fingerprint density at radius 3 is 2.79 bits per heavy atom. The molecule has 1 N–H and O–H groups in total. The number of amides is 1. The first-order valence-electron chi connectivity index (χ1n) is 7.42. The molecule has 0 saturated carbocycles. The maximum Gasteiger partial charge on any atom is 0.228 e. The molecule has 0 spiro atoms. The second-order valence-corrected chi connectivity index (χ2v) is 5.24. The number of hydrogen-bond acceptors (Lipinski definition) is 5. The van der Waals surface area contributed by atoms with Crippen molar-refractivity contribution < 1.29 is 9.53 Å². The molecule has 1 heterocycles. The zero-order valence-electron chi connectivity index (χ0n) is 13.4. The number of para-hydroxylation sites is 1. The average Bonchev–Trinajstić information content (AvgIpc) is 3.01. The van der Waals surface area contributed by atoms with Crippen molar-refractivity contribution in [2.45, 2.75) is 6.42 Å². The van der Waals surface area contributed by atoms with E-state index in [0.29, 0.717) is 17.3 Å². The third-order valence-corrected chi connectivity index (χ3v) is 3.57. The van der Waals surface area contributed by atoms with E-state index in [1.165, 1.54) is 0 Å². The summed E-state index contributed by atoms with van der Waals surface area (Å²) >= 11 is 0. The summed E-state index contributed by atoms with van der Waals surface area (Å²) in [5.74, 6) is 1.22. The predicted molar refractivity (Wildman–Crippen MR) is 89.6 cm³/mol. The number of tetrazole rings is 1. The van der Waals surface area contributed by atoms with Gasteiger partial charge in [0, 0.05) is 23.9 Å². The molecule has 0 atom stereocenters. The van der Waals surface area contributed by atoms with Gasteiger partial charge in [0.1, 0.15) is 5.75 Å². The Bertz CT molecular complexity index is 859. The van der Waals surface area contributed by atoms with Gasteiger partial charge in [-0.15, -0.1) is 5.10 Å². The number of anilines is 1.